The summed E-state index contributed by atoms with van der Waals surface area (Å²) >= 11 is 1.83. The topological polar surface area (TPSA) is 57.0 Å². The number of esters is 1. The molecule has 1 aliphatic heterocycles. The molecule has 3 rings (SSSR count). The summed E-state index contributed by atoms with van der Waals surface area (Å²) in [6.07, 6.45) is 4.13. The van der Waals surface area contributed by atoms with Crippen LogP contribution >= 0.6 is 11.8 Å². The normalized spacial score (nSPS) is 18.1. The first-order chi connectivity index (χ1) is 9.74. The zero-order chi connectivity index (χ0) is 13.9. The largest absolute Gasteiger partial charge is 0.458 e. The molecular weight excluding hydrogens is 274 g/mol. The zero-order valence-electron chi connectivity index (χ0n) is 11.2. The molecule has 5 nitrogen and oxygen atoms in total. The van der Waals surface area contributed by atoms with Gasteiger partial charge in [0.2, 0.25) is 0 Å². The molecule has 1 fully saturated rings. The first-order valence-electron chi connectivity index (χ1n) is 6.48. The highest BCUT2D eigenvalue weighted by atomic mass is 32.2. The quantitative estimate of drug-likeness (QED) is 0.811. The monoisotopic (exact) mass is 289 g/mol. The van der Waals surface area contributed by atoms with E-state index in [1.54, 1.807) is 17.1 Å². The van der Waals surface area contributed by atoms with E-state index < -0.39 is 0 Å². The number of benzene rings is 1. The molecule has 2 heterocycles. The lowest BCUT2D eigenvalue weighted by Gasteiger charge is -2.12. The molecule has 104 valence electrons. The summed E-state index contributed by atoms with van der Waals surface area (Å²) in [7, 11) is 0. The number of thioether (sulfide) groups is 1. The number of nitrogens with zero attached hydrogens (tertiary/aromatic N) is 3. The van der Waals surface area contributed by atoms with E-state index in [4.69, 9.17) is 4.74 Å². The molecular formula is C14H15N3O2S. The van der Waals surface area contributed by atoms with Crippen molar-refractivity contribution in [2.24, 2.45) is 0 Å². The third-order valence-corrected chi connectivity index (χ3v) is 4.39. The fourth-order valence-electron chi connectivity index (χ4n) is 2.20. The molecule has 0 radical (unpaired) electrons. The van der Waals surface area contributed by atoms with Gasteiger partial charge < -0.3 is 4.74 Å². The minimum Gasteiger partial charge on any atom is -0.458 e. The van der Waals surface area contributed by atoms with Crippen LogP contribution in [0.15, 0.2) is 30.9 Å². The molecule has 0 bridgehead atoms. The Morgan fingerprint density at radius 1 is 1.50 bits per heavy atom. The third-order valence-electron chi connectivity index (χ3n) is 3.26. The lowest BCUT2D eigenvalue weighted by Crippen LogP contribution is -2.17. The first-order valence-corrected chi connectivity index (χ1v) is 7.64. The molecule has 1 aromatic carbocycles. The van der Waals surface area contributed by atoms with Crippen LogP contribution < -0.4 is 0 Å². The van der Waals surface area contributed by atoms with Crippen LogP contribution in [0, 0.1) is 6.92 Å². The Bertz CT molecular complexity index is 607. The van der Waals surface area contributed by atoms with Crippen molar-refractivity contribution in [3.05, 3.63) is 42.0 Å². The van der Waals surface area contributed by atoms with Crippen LogP contribution in [0.4, 0.5) is 0 Å². The van der Waals surface area contributed by atoms with Gasteiger partial charge in [-0.25, -0.2) is 14.5 Å². The second-order valence-corrected chi connectivity index (χ2v) is 5.88. The van der Waals surface area contributed by atoms with Gasteiger partial charge >= 0.3 is 5.97 Å². The van der Waals surface area contributed by atoms with Crippen molar-refractivity contribution in [3.63, 3.8) is 0 Å². The van der Waals surface area contributed by atoms with Gasteiger partial charge in [-0.3, -0.25) is 0 Å². The van der Waals surface area contributed by atoms with Crippen molar-refractivity contribution in [3.8, 4) is 5.69 Å². The summed E-state index contributed by atoms with van der Waals surface area (Å²) in [5.41, 5.74) is 2.46. The maximum Gasteiger partial charge on any atom is 0.338 e. The summed E-state index contributed by atoms with van der Waals surface area (Å²) in [5, 5.41) is 4.09. The lowest BCUT2D eigenvalue weighted by molar-refractivity contribution is 0.0357. The Hall–Kier alpha value is -1.82. The van der Waals surface area contributed by atoms with Gasteiger partial charge in [0.15, 0.2) is 0 Å². The minimum atomic E-state index is -0.245. The summed E-state index contributed by atoms with van der Waals surface area (Å²) in [4.78, 5) is 16.0. The van der Waals surface area contributed by atoms with E-state index in [0.717, 1.165) is 29.2 Å². The first kappa shape index (κ1) is 13.2. The summed E-state index contributed by atoms with van der Waals surface area (Å²) in [6, 6.07) is 5.47. The molecule has 0 spiro atoms. The summed E-state index contributed by atoms with van der Waals surface area (Å²) in [5.74, 6) is 1.73. The van der Waals surface area contributed by atoms with E-state index in [1.807, 2.05) is 30.8 Å². The van der Waals surface area contributed by atoms with Gasteiger partial charge in [0, 0.05) is 5.75 Å². The number of carbonyl (C=O) groups is 1. The van der Waals surface area contributed by atoms with Crippen LogP contribution in [0.25, 0.3) is 5.69 Å². The number of hydrogen-bond acceptors (Lipinski definition) is 5. The van der Waals surface area contributed by atoms with Crippen molar-refractivity contribution in [1.82, 2.24) is 14.8 Å². The van der Waals surface area contributed by atoms with Crippen LogP contribution in [0.3, 0.4) is 0 Å². The summed E-state index contributed by atoms with van der Waals surface area (Å²) < 4.78 is 7.17. The van der Waals surface area contributed by atoms with Gasteiger partial charge in [-0.15, -0.1) is 0 Å². The molecule has 0 aliphatic carbocycles. The Morgan fingerprint density at radius 3 is 3.05 bits per heavy atom. The van der Waals surface area contributed by atoms with Crippen LogP contribution in [-0.2, 0) is 4.74 Å². The summed E-state index contributed by atoms with van der Waals surface area (Å²) in [6.45, 7) is 1.94. The van der Waals surface area contributed by atoms with Crippen LogP contribution in [0.1, 0.15) is 22.3 Å². The average molecular weight is 289 g/mol. The van der Waals surface area contributed by atoms with E-state index in [9.17, 15) is 4.79 Å². The fourth-order valence-corrected chi connectivity index (χ4v) is 3.29. The van der Waals surface area contributed by atoms with Crippen LogP contribution in [0.5, 0.6) is 0 Å². The number of aryl methyl sites for hydroxylation is 1. The predicted molar refractivity (Wildman–Crippen MR) is 77.2 cm³/mol. The molecule has 6 heteroatoms. The van der Waals surface area contributed by atoms with Crippen molar-refractivity contribution in [2.75, 3.05) is 11.5 Å². The van der Waals surface area contributed by atoms with E-state index >= 15 is 0 Å². The molecule has 0 amide bonds. The molecule has 1 aliphatic rings. The molecule has 20 heavy (non-hydrogen) atoms. The van der Waals surface area contributed by atoms with Gasteiger partial charge in [-0.2, -0.15) is 16.9 Å². The molecule has 1 saturated heterocycles. The van der Waals surface area contributed by atoms with Crippen LogP contribution in [0.2, 0.25) is 0 Å². The molecule has 2 aromatic rings. The number of ether oxygens (including phenoxy) is 1. The maximum atomic E-state index is 12.1. The molecule has 1 aromatic heterocycles. The molecule has 0 saturated carbocycles. The highest BCUT2D eigenvalue weighted by Crippen LogP contribution is 2.22. The number of hydrogen-bond donors (Lipinski definition) is 0. The average Bonchev–Trinajstić information content (AvgIpc) is 3.11. The molecule has 1 unspecified atom stereocenters. The zero-order valence-corrected chi connectivity index (χ0v) is 12.0. The third kappa shape index (κ3) is 2.70. The van der Waals surface area contributed by atoms with E-state index in [-0.39, 0.29) is 12.1 Å². The van der Waals surface area contributed by atoms with Gasteiger partial charge in [-0.05, 0) is 42.9 Å². The molecule has 1 atom stereocenters. The minimum absolute atomic E-state index is 0.0581. The van der Waals surface area contributed by atoms with Gasteiger partial charge in [0.05, 0.1) is 11.3 Å². The molecule has 0 N–H and O–H groups in total. The van der Waals surface area contributed by atoms with Gasteiger partial charge in [0.1, 0.15) is 18.8 Å². The highest BCUT2D eigenvalue weighted by Gasteiger charge is 2.20. The van der Waals surface area contributed by atoms with Crippen molar-refractivity contribution < 1.29 is 9.53 Å². The second kappa shape index (κ2) is 5.66. The number of aromatic nitrogens is 3. The standard InChI is InChI=1S/C14H15N3O2S/c1-10-6-11(14(18)19-12-4-5-20-7-12)2-3-13(10)17-9-15-8-16-17/h2-3,6,8-9,12H,4-5,7H2,1H3. The Balaban J connectivity index is 1.77. The Morgan fingerprint density at radius 2 is 2.40 bits per heavy atom. The van der Waals surface area contributed by atoms with E-state index in [1.165, 1.54) is 6.33 Å². The lowest BCUT2D eigenvalue weighted by atomic mass is 10.1. The van der Waals surface area contributed by atoms with Gasteiger partial charge in [0.25, 0.3) is 0 Å². The van der Waals surface area contributed by atoms with Gasteiger partial charge in [-0.1, -0.05) is 0 Å². The second-order valence-electron chi connectivity index (χ2n) is 4.73. The van der Waals surface area contributed by atoms with Crippen molar-refractivity contribution in [2.45, 2.75) is 19.4 Å². The van der Waals surface area contributed by atoms with E-state index in [0.29, 0.717) is 5.56 Å². The van der Waals surface area contributed by atoms with Crippen molar-refractivity contribution in [1.29, 1.82) is 0 Å². The fraction of sp³-hybridized carbons (Fsp3) is 0.357. The highest BCUT2D eigenvalue weighted by molar-refractivity contribution is 7.99. The van der Waals surface area contributed by atoms with E-state index in [2.05, 4.69) is 10.1 Å². The number of rotatable bonds is 3. The predicted octanol–water partition coefficient (Wildman–Crippen LogP) is 2.24. The Kier molecular flexibility index (Phi) is 3.73. The van der Waals surface area contributed by atoms with Crippen LogP contribution in [-0.4, -0.2) is 38.3 Å². The van der Waals surface area contributed by atoms with Crippen molar-refractivity contribution >= 4 is 17.7 Å². The Labute approximate surface area is 121 Å². The SMILES string of the molecule is Cc1cc(C(=O)OC2CCSC2)ccc1-n1cncn1. The maximum absolute atomic E-state index is 12.1. The number of carbonyl (C=O) groups excluding carboxylic acids is 1. The smallest absolute Gasteiger partial charge is 0.338 e.